The molecule has 0 saturated heterocycles. The molecule has 0 aliphatic heterocycles. The Kier molecular flexibility index (Phi) is 24.5. The second kappa shape index (κ2) is 17.9. The molecule has 0 aliphatic carbocycles. The molecular formula is C16H32ClNO2. The molecule has 3 nitrogen and oxygen atoms in total. The number of aliphatic carboxylic acids is 1. The van der Waals surface area contributed by atoms with Gasteiger partial charge in [0, 0.05) is 5.57 Å². The smallest absolute Gasteiger partial charge is 0.330 e. The zero-order valence-corrected chi connectivity index (χ0v) is 14.5. The van der Waals surface area contributed by atoms with E-state index < -0.39 is 5.97 Å². The molecule has 20 heavy (non-hydrogen) atoms. The lowest BCUT2D eigenvalue weighted by atomic mass is 10.4. The molecule has 0 heterocycles. The molecule has 0 bridgehead atoms. The number of unbranched alkanes of at least 4 members (excludes halogenated alkanes) is 1. The van der Waals surface area contributed by atoms with E-state index in [1.54, 1.807) is 0 Å². The fourth-order valence-electron chi connectivity index (χ4n) is 0.774. The summed E-state index contributed by atoms with van der Waals surface area (Å²) in [6.07, 6.45) is 6.51. The second-order valence-electron chi connectivity index (χ2n) is 4.96. The predicted molar refractivity (Wildman–Crippen MR) is 85.3 cm³/mol. The van der Waals surface area contributed by atoms with E-state index in [0.29, 0.717) is 0 Å². The molecule has 0 unspecified atom stereocenters. The lowest BCUT2D eigenvalue weighted by Crippen LogP contribution is -3.00. The van der Waals surface area contributed by atoms with E-state index in [9.17, 15) is 4.79 Å². The van der Waals surface area contributed by atoms with Crippen LogP contribution in [0.15, 0.2) is 37.5 Å². The number of carbonyl (C=O) groups is 1. The van der Waals surface area contributed by atoms with E-state index in [1.165, 1.54) is 19.8 Å². The highest BCUT2D eigenvalue weighted by atomic mass is 35.5. The summed E-state index contributed by atoms with van der Waals surface area (Å²) < 4.78 is 0.951. The minimum Gasteiger partial charge on any atom is -1.00 e. The molecule has 120 valence electrons. The number of nitrogens with zero attached hydrogens (tertiary/aromatic N) is 1. The van der Waals surface area contributed by atoms with Crippen molar-refractivity contribution in [3.63, 3.8) is 0 Å². The van der Waals surface area contributed by atoms with Gasteiger partial charge in [-0.05, 0) is 19.1 Å². The van der Waals surface area contributed by atoms with Gasteiger partial charge in [-0.25, -0.2) is 4.79 Å². The first-order valence-corrected chi connectivity index (χ1v) is 6.61. The summed E-state index contributed by atoms with van der Waals surface area (Å²) in [6, 6.07) is 0. The van der Waals surface area contributed by atoms with Gasteiger partial charge in [0.15, 0.2) is 0 Å². The van der Waals surface area contributed by atoms with Gasteiger partial charge in [-0.3, -0.25) is 0 Å². The van der Waals surface area contributed by atoms with Gasteiger partial charge in [0.05, 0.1) is 27.2 Å². The first-order valence-electron chi connectivity index (χ1n) is 6.61. The Morgan fingerprint density at radius 2 is 1.35 bits per heavy atom. The molecule has 0 aromatic heterocycles. The molecule has 0 aromatic rings. The Hall–Kier alpha value is -1.06. The molecule has 0 radical (unpaired) electrons. The Labute approximate surface area is 131 Å². The summed E-state index contributed by atoms with van der Waals surface area (Å²) in [5, 5.41) is 7.89. The molecule has 1 N–H and O–H groups in total. The number of hydrogen-bond donors (Lipinski definition) is 1. The summed E-state index contributed by atoms with van der Waals surface area (Å²) in [5.41, 5.74) is 0.176. The van der Waals surface area contributed by atoms with Crippen LogP contribution < -0.4 is 12.4 Å². The summed E-state index contributed by atoms with van der Waals surface area (Å²) in [7, 11) is 4.31. The highest BCUT2D eigenvalue weighted by Crippen LogP contribution is 1.95. The number of carboxylic acids is 1. The maximum atomic E-state index is 9.60. The predicted octanol–water partition coefficient (Wildman–Crippen LogP) is 0.892. The lowest BCUT2D eigenvalue weighted by molar-refractivity contribution is -0.878. The molecule has 0 amide bonds. The van der Waals surface area contributed by atoms with E-state index in [4.69, 9.17) is 5.11 Å². The van der Waals surface area contributed by atoms with Gasteiger partial charge in [0.2, 0.25) is 0 Å². The fraction of sp³-hybridized carbons (Fsp3) is 0.562. The average molecular weight is 306 g/mol. The standard InChI is InChI=1S/C8H16N.C4H6O2.C4H10.ClH/c1-5-7-9(3,4)8-6-2;1-3(2)4(5)6;1-3-4-2;/h5-6H,1-2,7-8H2,3-4H3;1H2,2H3,(H,5,6);3-4H2,1-2H3;1H/q+1;;;/p-1. The molecule has 0 saturated carbocycles. The third-order valence-electron chi connectivity index (χ3n) is 2.11. The number of carboxylic acid groups (broad SMARTS) is 1. The SMILES string of the molecule is C=C(C)C(=O)O.C=CC[N+](C)(C)CC=C.CCCC.[Cl-]. The normalized spacial score (nSPS) is 8.65. The van der Waals surface area contributed by atoms with Crippen LogP contribution in [-0.4, -0.2) is 42.7 Å². The van der Waals surface area contributed by atoms with Crippen molar-refractivity contribution in [3.05, 3.63) is 37.5 Å². The Balaban J connectivity index is -0.000000102. The third-order valence-corrected chi connectivity index (χ3v) is 2.11. The topological polar surface area (TPSA) is 37.3 Å². The molecule has 0 aliphatic rings. The number of likely N-dealkylation sites (N-methyl/N-ethyl adjacent to an activating group) is 1. The Morgan fingerprint density at radius 1 is 1.10 bits per heavy atom. The van der Waals surface area contributed by atoms with Crippen LogP contribution in [0.1, 0.15) is 33.6 Å². The van der Waals surface area contributed by atoms with E-state index in [1.807, 2.05) is 12.2 Å². The van der Waals surface area contributed by atoms with Crippen molar-refractivity contribution in [2.45, 2.75) is 33.6 Å². The summed E-state index contributed by atoms with van der Waals surface area (Å²) in [4.78, 5) is 9.60. The van der Waals surface area contributed by atoms with Crippen molar-refractivity contribution in [2.75, 3.05) is 27.2 Å². The Bertz CT molecular complexity index is 248. The molecule has 0 fully saturated rings. The van der Waals surface area contributed by atoms with Gasteiger partial charge in [0.1, 0.15) is 0 Å². The van der Waals surface area contributed by atoms with E-state index in [-0.39, 0.29) is 18.0 Å². The van der Waals surface area contributed by atoms with Crippen LogP contribution in [0.2, 0.25) is 0 Å². The summed E-state index contributed by atoms with van der Waals surface area (Å²) in [6.45, 7) is 18.3. The van der Waals surface area contributed by atoms with Crippen molar-refractivity contribution < 1.29 is 26.8 Å². The first kappa shape index (κ1) is 27.3. The van der Waals surface area contributed by atoms with Crippen LogP contribution in [0.4, 0.5) is 0 Å². The zero-order chi connectivity index (χ0) is 15.9. The van der Waals surface area contributed by atoms with Gasteiger partial charge in [-0.1, -0.05) is 46.4 Å². The highest BCUT2D eigenvalue weighted by molar-refractivity contribution is 5.84. The van der Waals surface area contributed by atoms with Crippen LogP contribution >= 0.6 is 0 Å². The number of quaternary nitrogens is 1. The summed E-state index contributed by atoms with van der Waals surface area (Å²) >= 11 is 0. The van der Waals surface area contributed by atoms with Crippen LogP contribution in [-0.2, 0) is 4.79 Å². The molecular weight excluding hydrogens is 274 g/mol. The van der Waals surface area contributed by atoms with Gasteiger partial charge < -0.3 is 22.0 Å². The molecule has 0 rings (SSSR count). The van der Waals surface area contributed by atoms with Crippen molar-refractivity contribution in [1.29, 1.82) is 0 Å². The molecule has 0 spiro atoms. The van der Waals surface area contributed by atoms with E-state index in [2.05, 4.69) is 47.7 Å². The number of hydrogen-bond acceptors (Lipinski definition) is 1. The average Bonchev–Trinajstić information content (AvgIpc) is 2.29. The lowest BCUT2D eigenvalue weighted by Gasteiger charge is -2.26. The highest BCUT2D eigenvalue weighted by Gasteiger charge is 2.07. The van der Waals surface area contributed by atoms with Crippen LogP contribution in [0.3, 0.4) is 0 Å². The van der Waals surface area contributed by atoms with Crippen molar-refractivity contribution in [3.8, 4) is 0 Å². The van der Waals surface area contributed by atoms with Crippen molar-refractivity contribution in [2.24, 2.45) is 0 Å². The molecule has 0 atom stereocenters. The second-order valence-corrected chi connectivity index (χ2v) is 4.96. The monoisotopic (exact) mass is 305 g/mol. The van der Waals surface area contributed by atoms with Crippen molar-refractivity contribution in [1.82, 2.24) is 0 Å². The van der Waals surface area contributed by atoms with Gasteiger partial charge >= 0.3 is 5.97 Å². The van der Waals surface area contributed by atoms with Crippen LogP contribution in [0, 0.1) is 0 Å². The number of halogens is 1. The first-order chi connectivity index (χ1) is 8.68. The minimum absolute atomic E-state index is 0. The molecule has 0 aromatic carbocycles. The van der Waals surface area contributed by atoms with Gasteiger partial charge in [-0.2, -0.15) is 0 Å². The Morgan fingerprint density at radius 3 is 1.45 bits per heavy atom. The fourth-order valence-corrected chi connectivity index (χ4v) is 0.774. The van der Waals surface area contributed by atoms with Crippen LogP contribution in [0.5, 0.6) is 0 Å². The van der Waals surface area contributed by atoms with Gasteiger partial charge in [-0.15, -0.1) is 0 Å². The van der Waals surface area contributed by atoms with E-state index in [0.717, 1.165) is 17.6 Å². The van der Waals surface area contributed by atoms with Crippen molar-refractivity contribution >= 4 is 5.97 Å². The minimum atomic E-state index is -0.935. The number of rotatable bonds is 6. The maximum Gasteiger partial charge on any atom is 0.330 e. The quantitative estimate of drug-likeness (QED) is 0.450. The van der Waals surface area contributed by atoms with Gasteiger partial charge in [0.25, 0.3) is 0 Å². The van der Waals surface area contributed by atoms with E-state index >= 15 is 0 Å². The largest absolute Gasteiger partial charge is 1.00 e. The maximum absolute atomic E-state index is 9.60. The summed E-state index contributed by atoms with van der Waals surface area (Å²) in [5.74, 6) is -0.935. The van der Waals surface area contributed by atoms with Crippen LogP contribution in [0.25, 0.3) is 0 Å². The third kappa shape index (κ3) is 30.2. The molecule has 4 heteroatoms. The zero-order valence-electron chi connectivity index (χ0n) is 13.8.